The molecule has 0 spiro atoms. The van der Waals surface area contributed by atoms with Gasteiger partial charge in [0.1, 0.15) is 6.10 Å². The summed E-state index contributed by atoms with van der Waals surface area (Å²) in [6.45, 7) is 4.82. The SMILES string of the molecule is CC(O)CC(=O)OCCC(C)OC(=O)CC(C)O. The van der Waals surface area contributed by atoms with Crippen LogP contribution in [0.15, 0.2) is 0 Å². The Bertz CT molecular complexity index is 261. The summed E-state index contributed by atoms with van der Waals surface area (Å²) in [6, 6.07) is 0. The number of rotatable bonds is 8. The van der Waals surface area contributed by atoms with Gasteiger partial charge in [-0.3, -0.25) is 9.59 Å². The largest absolute Gasteiger partial charge is 0.465 e. The second-order valence-electron chi connectivity index (χ2n) is 4.42. The first-order valence-electron chi connectivity index (χ1n) is 6.02. The van der Waals surface area contributed by atoms with E-state index < -0.39 is 24.1 Å². The molecule has 0 saturated carbocycles. The van der Waals surface area contributed by atoms with Gasteiger partial charge in [0.05, 0.1) is 31.7 Å². The molecule has 0 aliphatic heterocycles. The molecule has 0 rings (SSSR count). The van der Waals surface area contributed by atoms with E-state index in [4.69, 9.17) is 19.7 Å². The Kier molecular flexibility index (Phi) is 8.32. The molecule has 6 nitrogen and oxygen atoms in total. The van der Waals surface area contributed by atoms with Crippen molar-refractivity contribution in [2.75, 3.05) is 6.61 Å². The Morgan fingerprint density at radius 1 is 1.00 bits per heavy atom. The summed E-state index contributed by atoms with van der Waals surface area (Å²) >= 11 is 0. The van der Waals surface area contributed by atoms with Crippen molar-refractivity contribution < 1.29 is 29.3 Å². The Balaban J connectivity index is 3.67. The topological polar surface area (TPSA) is 93.1 Å². The zero-order valence-electron chi connectivity index (χ0n) is 11.1. The molecule has 0 saturated heterocycles. The van der Waals surface area contributed by atoms with Crippen LogP contribution in [0, 0.1) is 0 Å². The highest BCUT2D eigenvalue weighted by Gasteiger charge is 2.13. The van der Waals surface area contributed by atoms with Crippen LogP contribution in [0.3, 0.4) is 0 Å². The minimum atomic E-state index is -0.728. The molecule has 0 heterocycles. The molecule has 0 aromatic rings. The zero-order chi connectivity index (χ0) is 14.1. The predicted molar refractivity (Wildman–Crippen MR) is 63.7 cm³/mol. The fraction of sp³-hybridized carbons (Fsp3) is 0.833. The maximum atomic E-state index is 11.2. The molecule has 6 heteroatoms. The van der Waals surface area contributed by atoms with Crippen LogP contribution in [0.5, 0.6) is 0 Å². The molecule has 0 radical (unpaired) electrons. The molecule has 0 aliphatic carbocycles. The van der Waals surface area contributed by atoms with Crippen LogP contribution in [0.1, 0.15) is 40.0 Å². The van der Waals surface area contributed by atoms with Gasteiger partial charge in [0, 0.05) is 6.42 Å². The maximum absolute atomic E-state index is 11.2. The summed E-state index contributed by atoms with van der Waals surface area (Å²) in [4.78, 5) is 22.3. The minimum Gasteiger partial charge on any atom is -0.465 e. The van der Waals surface area contributed by atoms with E-state index >= 15 is 0 Å². The second-order valence-corrected chi connectivity index (χ2v) is 4.42. The van der Waals surface area contributed by atoms with Gasteiger partial charge in [-0.1, -0.05) is 0 Å². The number of hydrogen-bond donors (Lipinski definition) is 2. The van der Waals surface area contributed by atoms with Crippen molar-refractivity contribution >= 4 is 11.9 Å². The van der Waals surface area contributed by atoms with Crippen molar-refractivity contribution in [1.82, 2.24) is 0 Å². The van der Waals surface area contributed by atoms with Crippen molar-refractivity contribution in [3.63, 3.8) is 0 Å². The molecule has 0 fully saturated rings. The molecule has 3 atom stereocenters. The Hall–Kier alpha value is -1.14. The van der Waals surface area contributed by atoms with Gasteiger partial charge >= 0.3 is 11.9 Å². The Morgan fingerprint density at radius 2 is 1.50 bits per heavy atom. The van der Waals surface area contributed by atoms with E-state index in [1.165, 1.54) is 13.8 Å². The first-order valence-corrected chi connectivity index (χ1v) is 6.02. The predicted octanol–water partition coefficient (Wildman–Crippen LogP) is 0.393. The van der Waals surface area contributed by atoms with E-state index in [1.54, 1.807) is 6.92 Å². The van der Waals surface area contributed by atoms with Crippen LogP contribution >= 0.6 is 0 Å². The van der Waals surface area contributed by atoms with Crippen molar-refractivity contribution in [2.24, 2.45) is 0 Å². The van der Waals surface area contributed by atoms with Crippen LogP contribution in [-0.4, -0.2) is 47.1 Å². The number of esters is 2. The minimum absolute atomic E-state index is 0.0454. The standard InChI is InChI=1S/C12H22O6/c1-8(13)6-11(15)17-5-4-10(3)18-12(16)7-9(2)14/h8-10,13-14H,4-7H2,1-3H3. The van der Waals surface area contributed by atoms with E-state index in [0.717, 1.165) is 0 Å². The molecule has 106 valence electrons. The van der Waals surface area contributed by atoms with Crippen molar-refractivity contribution in [3.8, 4) is 0 Å². The van der Waals surface area contributed by atoms with Crippen molar-refractivity contribution in [3.05, 3.63) is 0 Å². The van der Waals surface area contributed by atoms with Crippen LogP contribution in [0.25, 0.3) is 0 Å². The molecule has 18 heavy (non-hydrogen) atoms. The molecule has 0 amide bonds. The summed E-state index contributed by atoms with van der Waals surface area (Å²) in [7, 11) is 0. The van der Waals surface area contributed by atoms with Gasteiger partial charge in [-0.2, -0.15) is 0 Å². The highest BCUT2D eigenvalue weighted by Crippen LogP contribution is 2.03. The number of carbonyl (C=O) groups excluding carboxylic acids is 2. The first-order chi connectivity index (χ1) is 8.31. The van der Waals surface area contributed by atoms with E-state index in [-0.39, 0.29) is 25.6 Å². The van der Waals surface area contributed by atoms with Gasteiger partial charge in [0.2, 0.25) is 0 Å². The highest BCUT2D eigenvalue weighted by atomic mass is 16.6. The average molecular weight is 262 g/mol. The summed E-state index contributed by atoms with van der Waals surface area (Å²) in [5, 5.41) is 17.9. The lowest BCUT2D eigenvalue weighted by Crippen LogP contribution is -2.21. The molecular weight excluding hydrogens is 240 g/mol. The normalized spacial score (nSPS) is 15.6. The fourth-order valence-corrected chi connectivity index (χ4v) is 1.21. The summed E-state index contributed by atoms with van der Waals surface area (Å²) in [6.07, 6.45) is -1.54. The number of ether oxygens (including phenoxy) is 2. The second kappa shape index (κ2) is 8.88. The molecule has 0 bridgehead atoms. The molecule has 0 aromatic carbocycles. The van der Waals surface area contributed by atoms with Crippen LogP contribution in [0.2, 0.25) is 0 Å². The lowest BCUT2D eigenvalue weighted by molar-refractivity contribution is -0.152. The monoisotopic (exact) mass is 262 g/mol. The Labute approximate surface area is 107 Å². The van der Waals surface area contributed by atoms with Gasteiger partial charge in [-0.15, -0.1) is 0 Å². The van der Waals surface area contributed by atoms with E-state index in [9.17, 15) is 9.59 Å². The third kappa shape index (κ3) is 10.0. The van der Waals surface area contributed by atoms with Gasteiger partial charge < -0.3 is 19.7 Å². The van der Waals surface area contributed by atoms with Crippen molar-refractivity contribution in [2.45, 2.75) is 58.3 Å². The molecule has 2 N–H and O–H groups in total. The average Bonchev–Trinajstić information content (AvgIpc) is 2.13. The van der Waals surface area contributed by atoms with Crippen molar-refractivity contribution in [1.29, 1.82) is 0 Å². The number of aliphatic hydroxyl groups is 2. The van der Waals surface area contributed by atoms with E-state index in [0.29, 0.717) is 6.42 Å². The maximum Gasteiger partial charge on any atom is 0.308 e. The van der Waals surface area contributed by atoms with Crippen LogP contribution in [-0.2, 0) is 19.1 Å². The smallest absolute Gasteiger partial charge is 0.308 e. The molecule has 0 aromatic heterocycles. The molecular formula is C12H22O6. The lowest BCUT2D eigenvalue weighted by atomic mass is 10.2. The third-order valence-electron chi connectivity index (χ3n) is 2.04. The number of aliphatic hydroxyl groups excluding tert-OH is 2. The van der Waals surface area contributed by atoms with Crippen LogP contribution in [0.4, 0.5) is 0 Å². The first kappa shape index (κ1) is 16.9. The Morgan fingerprint density at radius 3 is 2.00 bits per heavy atom. The van der Waals surface area contributed by atoms with Crippen LogP contribution < -0.4 is 0 Å². The molecule has 0 aliphatic rings. The summed E-state index contributed by atoms with van der Waals surface area (Å²) in [5.41, 5.74) is 0. The van der Waals surface area contributed by atoms with Gasteiger partial charge in [-0.05, 0) is 20.8 Å². The third-order valence-corrected chi connectivity index (χ3v) is 2.04. The van der Waals surface area contributed by atoms with Gasteiger partial charge in [-0.25, -0.2) is 0 Å². The zero-order valence-corrected chi connectivity index (χ0v) is 11.1. The highest BCUT2D eigenvalue weighted by molar-refractivity contribution is 5.70. The summed E-state index contributed by atoms with van der Waals surface area (Å²) < 4.78 is 9.83. The van der Waals surface area contributed by atoms with E-state index in [1.807, 2.05) is 0 Å². The number of carbonyl (C=O) groups is 2. The quantitative estimate of drug-likeness (QED) is 0.615. The fourth-order valence-electron chi connectivity index (χ4n) is 1.21. The van der Waals surface area contributed by atoms with Gasteiger partial charge in [0.15, 0.2) is 0 Å². The lowest BCUT2D eigenvalue weighted by Gasteiger charge is -2.14. The molecule has 3 unspecified atom stereocenters. The van der Waals surface area contributed by atoms with Gasteiger partial charge in [0.25, 0.3) is 0 Å². The summed E-state index contributed by atoms with van der Waals surface area (Å²) in [5.74, 6) is -0.958. The van der Waals surface area contributed by atoms with E-state index in [2.05, 4.69) is 0 Å². The number of hydrogen-bond acceptors (Lipinski definition) is 6.